The van der Waals surface area contributed by atoms with Crippen LogP contribution in [0.3, 0.4) is 0 Å². The van der Waals surface area contributed by atoms with Gasteiger partial charge in [0.2, 0.25) is 0 Å². The van der Waals surface area contributed by atoms with Gasteiger partial charge in [0.05, 0.1) is 5.56 Å². The number of pyridine rings is 1. The van der Waals surface area contributed by atoms with Crippen LogP contribution >= 0.6 is 0 Å². The molecular formula is C10H7N5O3. The fourth-order valence-electron chi connectivity index (χ4n) is 1.66. The highest BCUT2D eigenvalue weighted by Gasteiger charge is 2.11. The zero-order valence-electron chi connectivity index (χ0n) is 8.90. The lowest BCUT2D eigenvalue weighted by molar-refractivity contribution is 1.07. The summed E-state index contributed by atoms with van der Waals surface area (Å²) in [6, 6.07) is 1.34. The fraction of sp³-hybridized carbons (Fsp3) is 0. The summed E-state index contributed by atoms with van der Waals surface area (Å²) in [5.41, 5.74) is -0.956. The summed E-state index contributed by atoms with van der Waals surface area (Å²) in [6.45, 7) is 0. The maximum Gasteiger partial charge on any atom is 0.327 e. The standard InChI is InChI=1S/C10H7N5O3/c16-5-1-2-11-3-4(5)7-12-6-8(13-7)14-10(18)15-9(6)17/h1-3H,(H,11,16)(H3,12,13,14,15,17,18). The number of fused-ring (bicyclic) bond motifs is 1. The average Bonchev–Trinajstić information content (AvgIpc) is 2.73. The zero-order chi connectivity index (χ0) is 12.7. The van der Waals surface area contributed by atoms with Crippen LogP contribution in [0.15, 0.2) is 32.8 Å². The molecule has 8 heteroatoms. The van der Waals surface area contributed by atoms with Gasteiger partial charge in [0.1, 0.15) is 11.3 Å². The van der Waals surface area contributed by atoms with E-state index in [0.717, 1.165) is 0 Å². The van der Waals surface area contributed by atoms with Gasteiger partial charge >= 0.3 is 5.69 Å². The number of aromatic nitrogens is 5. The molecule has 0 fully saturated rings. The Morgan fingerprint density at radius 1 is 1.06 bits per heavy atom. The summed E-state index contributed by atoms with van der Waals surface area (Å²) >= 11 is 0. The van der Waals surface area contributed by atoms with Crippen LogP contribution in [0.2, 0.25) is 0 Å². The highest BCUT2D eigenvalue weighted by Crippen LogP contribution is 2.11. The smallest absolute Gasteiger partial charge is 0.327 e. The van der Waals surface area contributed by atoms with Crippen LogP contribution in [-0.2, 0) is 0 Å². The Labute approximate surface area is 97.7 Å². The summed E-state index contributed by atoms with van der Waals surface area (Å²) in [7, 11) is 0. The second kappa shape index (κ2) is 3.55. The van der Waals surface area contributed by atoms with Crippen LogP contribution in [0.4, 0.5) is 0 Å². The normalized spacial score (nSPS) is 10.9. The predicted molar refractivity (Wildman–Crippen MR) is 63.4 cm³/mol. The molecule has 3 aromatic heterocycles. The molecule has 4 N–H and O–H groups in total. The van der Waals surface area contributed by atoms with Gasteiger partial charge in [0.15, 0.2) is 11.1 Å². The molecule has 8 nitrogen and oxygen atoms in total. The molecular weight excluding hydrogens is 238 g/mol. The van der Waals surface area contributed by atoms with Crippen molar-refractivity contribution in [2.75, 3.05) is 0 Å². The third-order valence-electron chi connectivity index (χ3n) is 2.47. The van der Waals surface area contributed by atoms with E-state index in [2.05, 4.69) is 24.9 Å². The predicted octanol–water partition coefficient (Wildman–Crippen LogP) is -0.705. The van der Waals surface area contributed by atoms with Crippen molar-refractivity contribution in [3.8, 4) is 11.4 Å². The van der Waals surface area contributed by atoms with Gasteiger partial charge in [-0.2, -0.15) is 0 Å². The molecule has 0 aliphatic rings. The van der Waals surface area contributed by atoms with Crippen molar-refractivity contribution >= 4 is 11.2 Å². The summed E-state index contributed by atoms with van der Waals surface area (Å²) in [5, 5.41) is 0. The first kappa shape index (κ1) is 10.3. The lowest BCUT2D eigenvalue weighted by Crippen LogP contribution is -2.21. The van der Waals surface area contributed by atoms with Gasteiger partial charge in [0, 0.05) is 18.5 Å². The Hall–Kier alpha value is -2.90. The number of hydrogen-bond donors (Lipinski definition) is 4. The van der Waals surface area contributed by atoms with Gasteiger partial charge in [-0.05, 0) is 0 Å². The number of hydrogen-bond acceptors (Lipinski definition) is 4. The second-order valence-corrected chi connectivity index (χ2v) is 3.64. The largest absolute Gasteiger partial charge is 0.367 e. The summed E-state index contributed by atoms with van der Waals surface area (Å²) in [5.74, 6) is 0.221. The highest BCUT2D eigenvalue weighted by atomic mass is 16.2. The summed E-state index contributed by atoms with van der Waals surface area (Å²) < 4.78 is 0. The van der Waals surface area contributed by atoms with E-state index < -0.39 is 11.2 Å². The Morgan fingerprint density at radius 3 is 2.67 bits per heavy atom. The van der Waals surface area contributed by atoms with Crippen molar-refractivity contribution in [3.05, 3.63) is 49.5 Å². The Kier molecular flexibility index (Phi) is 2.03. The van der Waals surface area contributed by atoms with Crippen molar-refractivity contribution in [2.45, 2.75) is 0 Å². The SMILES string of the molecule is O=c1[nH]c(=O)c2[nH]c(-c3c[nH]ccc3=O)nc2[nH]1. The molecule has 0 saturated heterocycles. The molecule has 3 heterocycles. The van der Waals surface area contributed by atoms with Gasteiger partial charge in [-0.3, -0.25) is 19.6 Å². The van der Waals surface area contributed by atoms with Crippen LogP contribution in [0.25, 0.3) is 22.6 Å². The molecule has 18 heavy (non-hydrogen) atoms. The van der Waals surface area contributed by atoms with Gasteiger partial charge in [-0.25, -0.2) is 9.78 Å². The van der Waals surface area contributed by atoms with Crippen molar-refractivity contribution in [1.82, 2.24) is 24.9 Å². The third-order valence-corrected chi connectivity index (χ3v) is 2.47. The summed E-state index contributed by atoms with van der Waals surface area (Å²) in [4.78, 5) is 48.1. The van der Waals surface area contributed by atoms with Crippen molar-refractivity contribution in [3.63, 3.8) is 0 Å². The minimum Gasteiger partial charge on any atom is -0.367 e. The molecule has 3 rings (SSSR count). The van der Waals surface area contributed by atoms with E-state index in [1.807, 2.05) is 0 Å². The van der Waals surface area contributed by atoms with Crippen molar-refractivity contribution in [2.24, 2.45) is 0 Å². The quantitative estimate of drug-likeness (QED) is 0.451. The molecule has 90 valence electrons. The maximum absolute atomic E-state index is 11.6. The van der Waals surface area contributed by atoms with Crippen LogP contribution in [-0.4, -0.2) is 24.9 Å². The van der Waals surface area contributed by atoms with Gasteiger partial charge in [0.25, 0.3) is 5.56 Å². The molecule has 0 amide bonds. The lowest BCUT2D eigenvalue weighted by Gasteiger charge is -1.92. The first-order valence-electron chi connectivity index (χ1n) is 5.05. The molecule has 0 saturated carbocycles. The van der Waals surface area contributed by atoms with E-state index in [1.54, 1.807) is 0 Å². The summed E-state index contributed by atoms with van der Waals surface area (Å²) in [6.07, 6.45) is 2.95. The molecule has 0 aliphatic carbocycles. The molecule has 0 bridgehead atoms. The van der Waals surface area contributed by atoms with Crippen LogP contribution in [0, 0.1) is 0 Å². The van der Waals surface area contributed by atoms with E-state index in [1.165, 1.54) is 18.5 Å². The molecule has 0 radical (unpaired) electrons. The van der Waals surface area contributed by atoms with E-state index >= 15 is 0 Å². The molecule has 0 spiro atoms. The van der Waals surface area contributed by atoms with Crippen LogP contribution < -0.4 is 16.7 Å². The Bertz CT molecular complexity index is 898. The Morgan fingerprint density at radius 2 is 1.89 bits per heavy atom. The highest BCUT2D eigenvalue weighted by molar-refractivity contribution is 5.74. The number of H-pyrrole nitrogens is 4. The van der Waals surface area contributed by atoms with Crippen molar-refractivity contribution in [1.29, 1.82) is 0 Å². The van der Waals surface area contributed by atoms with E-state index in [9.17, 15) is 14.4 Å². The van der Waals surface area contributed by atoms with Crippen molar-refractivity contribution < 1.29 is 0 Å². The minimum absolute atomic E-state index is 0.113. The lowest BCUT2D eigenvalue weighted by atomic mass is 10.3. The number of imidazole rings is 1. The van der Waals surface area contributed by atoms with Gasteiger partial charge < -0.3 is 9.97 Å². The number of aromatic amines is 4. The molecule has 0 unspecified atom stereocenters. The third kappa shape index (κ3) is 1.47. The zero-order valence-corrected chi connectivity index (χ0v) is 8.90. The molecule has 0 atom stereocenters. The van der Waals surface area contributed by atoms with Crippen LogP contribution in [0.5, 0.6) is 0 Å². The first-order chi connectivity index (χ1) is 8.65. The Balaban J connectivity index is 2.36. The first-order valence-corrected chi connectivity index (χ1v) is 5.05. The number of nitrogens with zero attached hydrogens (tertiary/aromatic N) is 1. The fourth-order valence-corrected chi connectivity index (χ4v) is 1.66. The molecule has 0 aromatic carbocycles. The molecule has 0 aliphatic heterocycles. The van der Waals surface area contributed by atoms with Gasteiger partial charge in [-0.1, -0.05) is 0 Å². The number of nitrogens with one attached hydrogen (secondary N) is 4. The van der Waals surface area contributed by atoms with E-state index in [4.69, 9.17) is 0 Å². The average molecular weight is 245 g/mol. The maximum atomic E-state index is 11.6. The minimum atomic E-state index is -0.646. The van der Waals surface area contributed by atoms with E-state index in [-0.39, 0.29) is 28.0 Å². The molecule has 3 aromatic rings. The topological polar surface area (TPSA) is 127 Å². The monoisotopic (exact) mass is 245 g/mol. The number of rotatable bonds is 1. The van der Waals surface area contributed by atoms with Crippen LogP contribution in [0.1, 0.15) is 0 Å². The van der Waals surface area contributed by atoms with Gasteiger partial charge in [-0.15, -0.1) is 0 Å². The van der Waals surface area contributed by atoms with E-state index in [0.29, 0.717) is 0 Å². The second-order valence-electron chi connectivity index (χ2n) is 3.64.